The molecule has 3 N–H and O–H groups in total. The first kappa shape index (κ1) is 19.9. The molecule has 25 heavy (non-hydrogen) atoms. The number of nitrogens with zero attached hydrogens (tertiary/aromatic N) is 1. The molecule has 140 valence electrons. The van der Waals surface area contributed by atoms with Crippen LogP contribution in [0.2, 0.25) is 0 Å². The summed E-state index contributed by atoms with van der Waals surface area (Å²) >= 11 is 0. The third-order valence-electron chi connectivity index (χ3n) is 5.17. The number of carbonyl (C=O) groups is 1. The van der Waals surface area contributed by atoms with Crippen molar-refractivity contribution in [1.82, 2.24) is 4.31 Å². The van der Waals surface area contributed by atoms with Crippen molar-refractivity contribution in [3.05, 3.63) is 23.8 Å². The second-order valence-corrected chi connectivity index (χ2v) is 9.11. The van der Waals surface area contributed by atoms with Crippen molar-refractivity contribution in [2.45, 2.75) is 51.0 Å². The molecule has 0 heterocycles. The van der Waals surface area contributed by atoms with Crippen LogP contribution in [0.4, 0.5) is 5.69 Å². The van der Waals surface area contributed by atoms with Crippen LogP contribution in [0.1, 0.15) is 38.7 Å². The smallest absolute Gasteiger partial charge is 0.243 e. The highest BCUT2D eigenvalue weighted by Gasteiger charge is 2.32. The summed E-state index contributed by atoms with van der Waals surface area (Å²) in [4.78, 5) is 12.8. The Morgan fingerprint density at radius 1 is 1.36 bits per heavy atom. The second kappa shape index (κ2) is 7.85. The van der Waals surface area contributed by atoms with E-state index in [-0.39, 0.29) is 28.7 Å². The lowest BCUT2D eigenvalue weighted by atomic mass is 9.95. The Bertz CT molecular complexity index is 731. The van der Waals surface area contributed by atoms with Crippen LogP contribution < -0.4 is 11.1 Å². The lowest BCUT2D eigenvalue weighted by Gasteiger charge is -2.22. The van der Waals surface area contributed by atoms with Gasteiger partial charge < -0.3 is 11.1 Å². The molecule has 2 rings (SSSR count). The molecule has 0 spiro atoms. The molecular weight excluding hydrogens is 338 g/mol. The average molecular weight is 368 g/mol. The van der Waals surface area contributed by atoms with Gasteiger partial charge in [-0.1, -0.05) is 12.5 Å². The van der Waals surface area contributed by atoms with Crippen LogP contribution in [0.5, 0.6) is 0 Å². The monoisotopic (exact) mass is 367 g/mol. The van der Waals surface area contributed by atoms with Crippen molar-refractivity contribution < 1.29 is 13.2 Å². The van der Waals surface area contributed by atoms with E-state index < -0.39 is 10.0 Å². The maximum atomic E-state index is 12.7. The van der Waals surface area contributed by atoms with Gasteiger partial charge in [0.1, 0.15) is 0 Å². The summed E-state index contributed by atoms with van der Waals surface area (Å²) in [6, 6.07) is 4.71. The van der Waals surface area contributed by atoms with E-state index in [1.165, 1.54) is 4.31 Å². The number of benzene rings is 1. The van der Waals surface area contributed by atoms with E-state index in [1.54, 1.807) is 25.2 Å². The summed E-state index contributed by atoms with van der Waals surface area (Å²) < 4.78 is 26.7. The number of hydrogen-bond acceptors (Lipinski definition) is 4. The summed E-state index contributed by atoms with van der Waals surface area (Å²) in [6.07, 6.45) is 2.81. The topological polar surface area (TPSA) is 92.5 Å². The quantitative estimate of drug-likeness (QED) is 0.807. The zero-order valence-electron chi connectivity index (χ0n) is 15.5. The highest BCUT2D eigenvalue weighted by Crippen LogP contribution is 2.32. The van der Waals surface area contributed by atoms with Crippen LogP contribution >= 0.6 is 0 Å². The van der Waals surface area contributed by atoms with E-state index in [2.05, 4.69) is 5.32 Å². The van der Waals surface area contributed by atoms with E-state index in [0.29, 0.717) is 12.2 Å². The van der Waals surface area contributed by atoms with Crippen molar-refractivity contribution in [3.8, 4) is 0 Å². The van der Waals surface area contributed by atoms with E-state index in [0.717, 1.165) is 24.8 Å². The zero-order chi connectivity index (χ0) is 18.8. The summed E-state index contributed by atoms with van der Waals surface area (Å²) in [7, 11) is -2.03. The standard InChI is InChI=1S/C18H29N3O3S/c1-12(2)21(4)25(23,24)15-9-8-13(3)17(10-15)20-18(22)16-7-5-6-14(16)11-19/h8-10,12,14,16H,5-7,11,19H2,1-4H3,(H,20,22)/t14-,16-/m1/s1. The molecule has 1 saturated carbocycles. The largest absolute Gasteiger partial charge is 0.330 e. The van der Waals surface area contributed by atoms with Crippen molar-refractivity contribution in [2.75, 3.05) is 18.9 Å². The Morgan fingerprint density at radius 2 is 2.04 bits per heavy atom. The molecule has 1 aliphatic rings. The molecule has 0 bridgehead atoms. The molecule has 0 radical (unpaired) electrons. The summed E-state index contributed by atoms with van der Waals surface area (Å²) in [5, 5.41) is 2.92. The maximum Gasteiger partial charge on any atom is 0.243 e. The predicted octanol–water partition coefficient (Wildman–Crippen LogP) is 2.34. The van der Waals surface area contributed by atoms with Crippen LogP contribution in [0.3, 0.4) is 0 Å². The Hall–Kier alpha value is -1.44. The number of sulfonamides is 1. The molecule has 7 heteroatoms. The van der Waals surface area contributed by atoms with Gasteiger partial charge in [-0.25, -0.2) is 8.42 Å². The Morgan fingerprint density at radius 3 is 2.64 bits per heavy atom. The predicted molar refractivity (Wildman–Crippen MR) is 99.8 cm³/mol. The number of rotatable bonds is 6. The van der Waals surface area contributed by atoms with Gasteiger partial charge in [0.2, 0.25) is 15.9 Å². The number of amides is 1. The maximum absolute atomic E-state index is 12.7. The number of nitrogens with two attached hydrogens (primary N) is 1. The molecule has 0 aliphatic heterocycles. The van der Waals surface area contributed by atoms with Gasteiger partial charge in [0, 0.05) is 24.7 Å². The van der Waals surface area contributed by atoms with Crippen LogP contribution in [0, 0.1) is 18.8 Å². The molecule has 1 aromatic rings. The van der Waals surface area contributed by atoms with Crippen LogP contribution in [0.25, 0.3) is 0 Å². The minimum absolute atomic E-state index is 0.0668. The van der Waals surface area contributed by atoms with E-state index in [9.17, 15) is 13.2 Å². The van der Waals surface area contributed by atoms with Crippen LogP contribution in [-0.4, -0.2) is 38.3 Å². The molecular formula is C18H29N3O3S. The Kier molecular flexibility index (Phi) is 6.24. The van der Waals surface area contributed by atoms with Gasteiger partial charge in [-0.05, 0) is 63.8 Å². The molecule has 2 atom stereocenters. The minimum Gasteiger partial charge on any atom is -0.330 e. The first-order chi connectivity index (χ1) is 11.7. The third-order valence-corrected chi connectivity index (χ3v) is 7.20. The zero-order valence-corrected chi connectivity index (χ0v) is 16.3. The number of anilines is 1. The number of hydrogen-bond donors (Lipinski definition) is 2. The van der Waals surface area contributed by atoms with Gasteiger partial charge in [-0.3, -0.25) is 4.79 Å². The minimum atomic E-state index is -3.59. The molecule has 0 aromatic heterocycles. The van der Waals surface area contributed by atoms with Gasteiger partial charge in [0.05, 0.1) is 4.90 Å². The fraction of sp³-hybridized carbons (Fsp3) is 0.611. The second-order valence-electron chi connectivity index (χ2n) is 7.11. The summed E-state index contributed by atoms with van der Waals surface area (Å²) in [5.41, 5.74) is 7.15. The van der Waals surface area contributed by atoms with E-state index >= 15 is 0 Å². The average Bonchev–Trinajstić information content (AvgIpc) is 3.04. The van der Waals surface area contributed by atoms with Crippen molar-refractivity contribution in [2.24, 2.45) is 17.6 Å². The molecule has 1 aromatic carbocycles. The van der Waals surface area contributed by atoms with Gasteiger partial charge in [0.15, 0.2) is 0 Å². The van der Waals surface area contributed by atoms with Crippen LogP contribution in [0.15, 0.2) is 23.1 Å². The highest BCUT2D eigenvalue weighted by molar-refractivity contribution is 7.89. The van der Waals surface area contributed by atoms with E-state index in [4.69, 9.17) is 5.73 Å². The first-order valence-electron chi connectivity index (χ1n) is 8.78. The Labute approximate surface area is 150 Å². The molecule has 0 saturated heterocycles. The lowest BCUT2D eigenvalue weighted by Crippen LogP contribution is -2.33. The SMILES string of the molecule is Cc1ccc(S(=O)(=O)N(C)C(C)C)cc1NC(=O)[C@@H]1CCC[C@@H]1CN. The molecule has 0 unspecified atom stereocenters. The van der Waals surface area contributed by atoms with Crippen molar-refractivity contribution >= 4 is 21.6 Å². The normalized spacial score (nSPS) is 21.1. The van der Waals surface area contributed by atoms with Gasteiger partial charge in [-0.15, -0.1) is 0 Å². The first-order valence-corrected chi connectivity index (χ1v) is 10.2. The fourth-order valence-corrected chi connectivity index (χ4v) is 4.62. The lowest BCUT2D eigenvalue weighted by molar-refractivity contribution is -0.120. The summed E-state index contributed by atoms with van der Waals surface area (Å²) in [5.74, 6) is 0.0464. The van der Waals surface area contributed by atoms with Crippen molar-refractivity contribution in [3.63, 3.8) is 0 Å². The summed E-state index contributed by atoms with van der Waals surface area (Å²) in [6.45, 7) is 6.00. The van der Waals surface area contributed by atoms with E-state index in [1.807, 2.05) is 20.8 Å². The van der Waals surface area contributed by atoms with Gasteiger partial charge >= 0.3 is 0 Å². The number of carbonyl (C=O) groups excluding carboxylic acids is 1. The molecule has 1 amide bonds. The molecule has 1 fully saturated rings. The highest BCUT2D eigenvalue weighted by atomic mass is 32.2. The van der Waals surface area contributed by atoms with Gasteiger partial charge in [-0.2, -0.15) is 4.31 Å². The molecule has 6 nitrogen and oxygen atoms in total. The number of aryl methyl sites for hydroxylation is 1. The molecule has 1 aliphatic carbocycles. The van der Waals surface area contributed by atoms with Crippen molar-refractivity contribution in [1.29, 1.82) is 0 Å². The van der Waals surface area contributed by atoms with Gasteiger partial charge in [0.25, 0.3) is 0 Å². The third kappa shape index (κ3) is 4.22. The fourth-order valence-electron chi connectivity index (χ4n) is 3.23. The Balaban J connectivity index is 2.26. The van der Waals surface area contributed by atoms with Crippen LogP contribution in [-0.2, 0) is 14.8 Å². The number of nitrogens with one attached hydrogen (secondary N) is 1.